The van der Waals surface area contributed by atoms with Gasteiger partial charge in [-0.3, -0.25) is 34.7 Å². The lowest BCUT2D eigenvalue weighted by Crippen LogP contribution is -2.54. The molecule has 0 aliphatic carbocycles. The van der Waals surface area contributed by atoms with Crippen LogP contribution in [0.15, 0.2) is 99.7 Å². The molecule has 0 bridgehead atoms. The fraction of sp³-hybridized carbons (Fsp3) is 0.0312. The second-order valence-corrected chi connectivity index (χ2v) is 13.1. The summed E-state index contributed by atoms with van der Waals surface area (Å²) in [6.07, 6.45) is 1.31. The molecular weight excluding hydrogens is 666 g/mol. The Morgan fingerprint density at radius 1 is 1.07 bits per heavy atom. The van der Waals surface area contributed by atoms with Crippen LogP contribution in [0.2, 0.25) is 5.02 Å². The number of carbonyl (C=O) groups is 3. The number of carbonyl (C=O) groups excluding carboxylic acids is 3. The number of thiocarbonyl (C=S) groups is 1. The van der Waals surface area contributed by atoms with Gasteiger partial charge in [0.05, 0.1) is 25.7 Å². The van der Waals surface area contributed by atoms with Crippen molar-refractivity contribution in [2.75, 3.05) is 10.2 Å². The number of nitrogens with zero attached hydrogens (tertiary/aromatic N) is 3. The fourth-order valence-corrected chi connectivity index (χ4v) is 7.08. The van der Waals surface area contributed by atoms with Crippen molar-refractivity contribution < 1.29 is 19.3 Å². The molecule has 5 aromatic rings. The quantitative estimate of drug-likeness (QED) is 0.0595. The Kier molecular flexibility index (Phi) is 8.65. The van der Waals surface area contributed by atoms with Crippen LogP contribution in [0.25, 0.3) is 16.3 Å². The lowest BCUT2D eigenvalue weighted by Gasteiger charge is -2.29. The average molecular weight is 686 g/mol. The van der Waals surface area contributed by atoms with Crippen molar-refractivity contribution in [1.82, 2.24) is 10.3 Å². The minimum absolute atomic E-state index is 0.0550. The zero-order valence-corrected chi connectivity index (χ0v) is 26.9. The molecule has 1 fully saturated rings. The van der Waals surface area contributed by atoms with E-state index < -0.39 is 16.7 Å². The van der Waals surface area contributed by atoms with Crippen LogP contribution in [0.3, 0.4) is 0 Å². The van der Waals surface area contributed by atoms with Gasteiger partial charge >= 0.3 is 0 Å². The molecule has 0 unspecified atom stereocenters. The van der Waals surface area contributed by atoms with E-state index >= 15 is 0 Å². The van der Waals surface area contributed by atoms with Crippen LogP contribution in [0.1, 0.15) is 21.5 Å². The van der Waals surface area contributed by atoms with Crippen LogP contribution in [0, 0.1) is 17.0 Å². The first-order chi connectivity index (χ1) is 22.0. The van der Waals surface area contributed by atoms with E-state index in [1.807, 2.05) is 19.1 Å². The number of anilines is 2. The van der Waals surface area contributed by atoms with E-state index in [9.17, 15) is 24.5 Å². The van der Waals surface area contributed by atoms with Gasteiger partial charge in [-0.1, -0.05) is 47.1 Å². The summed E-state index contributed by atoms with van der Waals surface area (Å²) in [5.74, 6) is -1.63. The Labute approximate surface area is 280 Å². The molecule has 3 amide bonds. The van der Waals surface area contributed by atoms with Crippen molar-refractivity contribution in [2.24, 2.45) is 0 Å². The van der Waals surface area contributed by atoms with Gasteiger partial charge in [0, 0.05) is 22.3 Å². The fourth-order valence-electron chi connectivity index (χ4n) is 4.53. The zero-order valence-electron chi connectivity index (χ0n) is 23.6. The Balaban J connectivity index is 1.24. The van der Waals surface area contributed by atoms with Gasteiger partial charge in [0.15, 0.2) is 9.45 Å². The molecule has 2 heterocycles. The number of nitro groups is 1. The summed E-state index contributed by atoms with van der Waals surface area (Å²) >= 11 is 13.6. The van der Waals surface area contributed by atoms with Crippen molar-refractivity contribution in [3.05, 3.63) is 122 Å². The summed E-state index contributed by atoms with van der Waals surface area (Å²) in [5.41, 5.74) is 3.01. The van der Waals surface area contributed by atoms with Crippen LogP contribution >= 0.6 is 46.9 Å². The first-order valence-electron chi connectivity index (χ1n) is 13.5. The number of thiazole rings is 1. The molecule has 1 aliphatic heterocycles. The lowest BCUT2D eigenvalue weighted by molar-refractivity contribution is -0.387. The Bertz CT molecular complexity index is 2110. The maximum Gasteiger partial charge on any atom is 0.283 e. The van der Waals surface area contributed by atoms with Gasteiger partial charge in [0.25, 0.3) is 23.4 Å². The van der Waals surface area contributed by atoms with Crippen LogP contribution in [0.5, 0.6) is 0 Å². The summed E-state index contributed by atoms with van der Waals surface area (Å²) in [6, 6.07) is 23.3. The zero-order chi connectivity index (χ0) is 32.5. The second kappa shape index (κ2) is 12.8. The molecule has 1 saturated heterocycles. The van der Waals surface area contributed by atoms with Crippen LogP contribution in [-0.4, -0.2) is 32.7 Å². The predicted molar refractivity (Wildman–Crippen MR) is 184 cm³/mol. The third-order valence-electron chi connectivity index (χ3n) is 6.81. The third-order valence-corrected chi connectivity index (χ3v) is 9.50. The number of aromatic nitrogens is 1. The highest BCUT2D eigenvalue weighted by Gasteiger charge is 2.34. The molecule has 46 heavy (non-hydrogen) atoms. The topological polar surface area (TPSA) is 135 Å². The Morgan fingerprint density at radius 3 is 2.52 bits per heavy atom. The molecule has 0 saturated carbocycles. The number of fused-ring (bicyclic) bond motifs is 1. The van der Waals surface area contributed by atoms with Gasteiger partial charge < -0.3 is 5.32 Å². The van der Waals surface area contributed by atoms with Crippen LogP contribution < -0.4 is 15.5 Å². The van der Waals surface area contributed by atoms with Gasteiger partial charge in [0.1, 0.15) is 5.57 Å². The number of amides is 3. The van der Waals surface area contributed by atoms with Gasteiger partial charge in [-0.25, -0.2) is 4.98 Å². The molecular formula is C32H20ClN5O5S3. The minimum atomic E-state index is -0.697. The van der Waals surface area contributed by atoms with E-state index in [1.54, 1.807) is 66.7 Å². The van der Waals surface area contributed by atoms with Crippen molar-refractivity contribution in [1.29, 1.82) is 0 Å². The maximum absolute atomic E-state index is 13.4. The number of rotatable bonds is 7. The normalized spacial score (nSPS) is 14.1. The van der Waals surface area contributed by atoms with E-state index in [1.165, 1.54) is 28.4 Å². The average Bonchev–Trinajstić information content (AvgIpc) is 3.42. The Morgan fingerprint density at radius 2 is 1.80 bits per heavy atom. The van der Waals surface area contributed by atoms with Gasteiger partial charge in [-0.05, 0) is 91.4 Å². The molecule has 6 rings (SSSR count). The van der Waals surface area contributed by atoms with Crippen molar-refractivity contribution in [3.8, 4) is 0 Å². The standard InChI is InChI=1S/C32H20ClN5O5S3/c1-17-2-10-22(11-3-17)37-30(41)23(29(40)36-31(37)44)14-18-4-13-26(25(15-18)38(42)43)45-32-35-24-12-9-21(16-27(24)46-32)34-28(39)19-5-7-20(33)8-6-19/h2-16H,1H3,(H,34,39)(H,36,40,44)/b23-14+. The van der Waals surface area contributed by atoms with Gasteiger partial charge in [0.2, 0.25) is 0 Å². The molecule has 1 aromatic heterocycles. The van der Waals surface area contributed by atoms with Gasteiger partial charge in [-0.15, -0.1) is 11.3 Å². The lowest BCUT2D eigenvalue weighted by atomic mass is 10.1. The molecule has 10 nitrogen and oxygen atoms in total. The summed E-state index contributed by atoms with van der Waals surface area (Å²) in [7, 11) is 0. The summed E-state index contributed by atoms with van der Waals surface area (Å²) in [4.78, 5) is 56.4. The van der Waals surface area contributed by atoms with E-state index in [0.717, 1.165) is 22.0 Å². The first kappa shape index (κ1) is 31.0. The Hall–Kier alpha value is -4.95. The molecule has 0 spiro atoms. The van der Waals surface area contributed by atoms with Crippen molar-refractivity contribution in [3.63, 3.8) is 0 Å². The minimum Gasteiger partial charge on any atom is -0.322 e. The number of hydrogen-bond acceptors (Lipinski definition) is 9. The monoisotopic (exact) mass is 685 g/mol. The van der Waals surface area contributed by atoms with E-state index in [0.29, 0.717) is 36.7 Å². The highest BCUT2D eigenvalue weighted by Crippen LogP contribution is 2.40. The molecule has 0 atom stereocenters. The van der Waals surface area contributed by atoms with Crippen LogP contribution in [-0.2, 0) is 9.59 Å². The molecule has 2 N–H and O–H groups in total. The van der Waals surface area contributed by atoms with E-state index in [-0.39, 0.29) is 27.8 Å². The maximum atomic E-state index is 13.4. The third kappa shape index (κ3) is 6.53. The highest BCUT2D eigenvalue weighted by molar-refractivity contribution is 8.01. The molecule has 1 aliphatic rings. The number of halogens is 1. The van der Waals surface area contributed by atoms with Crippen molar-refractivity contribution in [2.45, 2.75) is 16.2 Å². The molecule has 14 heteroatoms. The summed E-state index contributed by atoms with van der Waals surface area (Å²) in [6.45, 7) is 1.90. The second-order valence-electron chi connectivity index (χ2n) is 10.0. The first-order valence-corrected chi connectivity index (χ1v) is 15.9. The number of nitro benzene ring substituents is 1. The van der Waals surface area contributed by atoms with Gasteiger partial charge in [-0.2, -0.15) is 0 Å². The summed E-state index contributed by atoms with van der Waals surface area (Å²) < 4.78 is 1.33. The molecule has 228 valence electrons. The smallest absolute Gasteiger partial charge is 0.283 e. The van der Waals surface area contributed by atoms with Crippen LogP contribution in [0.4, 0.5) is 17.1 Å². The summed E-state index contributed by atoms with van der Waals surface area (Å²) in [5, 5.41) is 17.9. The SMILES string of the molecule is Cc1ccc(N2C(=O)/C(=C/c3ccc(Sc4nc5ccc(NC(=O)c6ccc(Cl)cc6)cc5s4)c([N+](=O)[O-])c3)C(=O)NC2=S)cc1. The van der Waals surface area contributed by atoms with Crippen molar-refractivity contribution >= 4 is 103 Å². The number of hydrogen-bond donors (Lipinski definition) is 2. The number of nitrogens with one attached hydrogen (secondary N) is 2. The molecule has 4 aromatic carbocycles. The largest absolute Gasteiger partial charge is 0.322 e. The number of aryl methyl sites for hydroxylation is 1. The predicted octanol–water partition coefficient (Wildman–Crippen LogP) is 7.40. The highest BCUT2D eigenvalue weighted by atomic mass is 35.5. The van der Waals surface area contributed by atoms with E-state index in [2.05, 4.69) is 15.6 Å². The van der Waals surface area contributed by atoms with E-state index in [4.69, 9.17) is 23.8 Å². The number of benzene rings is 4. The molecule has 0 radical (unpaired) electrons.